The summed E-state index contributed by atoms with van der Waals surface area (Å²) >= 11 is 0. The predicted molar refractivity (Wildman–Crippen MR) is 144 cm³/mol. The summed E-state index contributed by atoms with van der Waals surface area (Å²) < 4.78 is 22.2. The van der Waals surface area contributed by atoms with Crippen LogP contribution in [0.1, 0.15) is 31.4 Å². The van der Waals surface area contributed by atoms with Crippen molar-refractivity contribution in [2.24, 2.45) is 11.8 Å². The number of carbonyl (C=O) groups is 1. The molecular weight excluding hydrogens is 753 g/mol. The van der Waals surface area contributed by atoms with Gasteiger partial charge in [-0.3, -0.25) is 4.90 Å². The van der Waals surface area contributed by atoms with Crippen LogP contribution in [0.15, 0.2) is 48.5 Å². The van der Waals surface area contributed by atoms with Crippen LogP contribution in [0.3, 0.4) is 0 Å². The predicted octanol–water partition coefficient (Wildman–Crippen LogP) is 4.30. The van der Waals surface area contributed by atoms with Gasteiger partial charge in [-0.25, -0.2) is 4.79 Å². The van der Waals surface area contributed by atoms with Crippen LogP contribution in [-0.2, 0) is 27.2 Å². The van der Waals surface area contributed by atoms with Crippen molar-refractivity contribution in [1.82, 2.24) is 10.2 Å². The first-order chi connectivity index (χ1) is 18.3. The number of fused-ring (bicyclic) bond motifs is 1. The quantitative estimate of drug-likeness (QED) is 0.330. The summed E-state index contributed by atoms with van der Waals surface area (Å²) in [4.78, 5) is 15.1. The van der Waals surface area contributed by atoms with Gasteiger partial charge < -0.3 is 35.1 Å². The molecule has 1 amide bonds. The zero-order valence-corrected chi connectivity index (χ0v) is 29.6. The molecule has 0 radical (unpaired) electrons. The molecule has 0 unspecified atom stereocenters. The van der Waals surface area contributed by atoms with Gasteiger partial charge in [0.1, 0.15) is 11.9 Å². The van der Waals surface area contributed by atoms with Crippen molar-refractivity contribution in [3.63, 3.8) is 0 Å². The molecule has 0 aliphatic carbocycles. The average Bonchev–Trinajstić information content (AvgIpc) is 3.50. The Labute approximate surface area is 225 Å². The van der Waals surface area contributed by atoms with E-state index in [0.717, 1.165) is 24.1 Å². The van der Waals surface area contributed by atoms with E-state index in [2.05, 4.69) is 24.1 Å². The fourth-order valence-corrected chi connectivity index (χ4v) is 5.23. The summed E-state index contributed by atoms with van der Waals surface area (Å²) in [6.45, 7) is 6.88. The molecular formula is C29H40N3O6Rf-. The molecule has 5 atom stereocenters. The molecule has 9 nitrogen and oxygen atoms in total. The van der Waals surface area contributed by atoms with Gasteiger partial charge in [0, 0.05) is 19.6 Å². The number of rotatable bonds is 12. The topological polar surface area (TPSA) is 113 Å². The van der Waals surface area contributed by atoms with Crippen LogP contribution in [0.25, 0.3) is 5.73 Å². The largest absolute Gasteiger partial charge is 0.696 e. The summed E-state index contributed by atoms with van der Waals surface area (Å²) in [7, 11) is 1.56. The maximum Gasteiger partial charge on any atom is 0.407 e. The summed E-state index contributed by atoms with van der Waals surface area (Å²) in [5.74, 6) is 0.936. The molecule has 39 heavy (non-hydrogen) atoms. The minimum absolute atomic E-state index is 0. The van der Waals surface area contributed by atoms with E-state index in [1.807, 2.05) is 42.5 Å². The fraction of sp³-hybridized carbons (Fsp3) is 0.552. The van der Waals surface area contributed by atoms with E-state index in [9.17, 15) is 9.90 Å². The number of carbonyl (C=O) groups excluding carboxylic acids is 1. The van der Waals surface area contributed by atoms with Gasteiger partial charge >= 0.3 is 6.09 Å². The van der Waals surface area contributed by atoms with Crippen LogP contribution in [-0.4, -0.2) is 74.1 Å². The third kappa shape index (κ3) is 8.07. The van der Waals surface area contributed by atoms with E-state index in [-0.39, 0.29) is 18.3 Å². The van der Waals surface area contributed by atoms with Crippen molar-refractivity contribution in [2.45, 2.75) is 57.8 Å². The first-order valence-electron chi connectivity index (χ1n) is 13.4. The van der Waals surface area contributed by atoms with Gasteiger partial charge in [0.05, 0.1) is 38.4 Å². The van der Waals surface area contributed by atoms with E-state index in [1.165, 1.54) is 0 Å². The number of amides is 1. The Hall–Kier alpha value is -3.85. The average molecular weight is 794 g/mol. The van der Waals surface area contributed by atoms with Crippen molar-refractivity contribution in [3.05, 3.63) is 65.4 Å². The number of aliphatic hydroxyl groups excluding tert-OH is 1. The van der Waals surface area contributed by atoms with Crippen LogP contribution in [0.5, 0.6) is 5.75 Å². The van der Waals surface area contributed by atoms with Crippen LogP contribution in [0.2, 0.25) is 0 Å². The number of alkyl carbamates (subject to hydrolysis) is 1. The Morgan fingerprint density at radius 1 is 1.15 bits per heavy atom. The second kappa shape index (κ2) is 13.8. The SMILES string of the molecule is COc1cc(CN(CC(C)C)C[C@@H](O)[C@H](Cc2ccccc2)NC(=O)O[C@H]2CO[C@H]3OCC[C@H]32)ccc1[NH-].[Rf]. The maximum atomic E-state index is 13.0. The molecule has 0 spiro atoms. The summed E-state index contributed by atoms with van der Waals surface area (Å²) in [5.41, 5.74) is 10.3. The standard InChI is InChI=1S/C29H40N3O6.Rf/c1-19(2)15-32(16-21-9-10-23(30)26(14-21)35-3)17-25(33)24(13-20-7-5-4-6-8-20)31-29(34)38-27-18-37-28-22(27)11-12-36-28;/h4-10,14,19,22,24-25,27-28,30,33H,11-13,15-18H2,1-3H3,(H,31,34);/q-1;/t22-,24-,25+,27-,28+;/m0./s1. The molecule has 2 aliphatic rings. The van der Waals surface area contributed by atoms with Gasteiger partial charge in [0.2, 0.25) is 0 Å². The van der Waals surface area contributed by atoms with Crippen LogP contribution in [0, 0.1) is 11.8 Å². The monoisotopic (exact) mass is 793 g/mol. The van der Waals surface area contributed by atoms with Gasteiger partial charge in [0.15, 0.2) is 6.29 Å². The minimum atomic E-state index is -0.846. The first kappa shape index (κ1) is 29.7. The van der Waals surface area contributed by atoms with Gasteiger partial charge in [-0.1, -0.05) is 62.0 Å². The Kier molecular flexibility index (Phi) is 10.5. The number of ether oxygens (including phenoxy) is 4. The minimum Gasteiger partial charge on any atom is -0.696 e. The molecule has 0 aromatic heterocycles. The third-order valence-electron chi connectivity index (χ3n) is 7.05. The molecule has 2 saturated heterocycles. The number of hydrogen-bond acceptors (Lipinski definition) is 7. The van der Waals surface area contributed by atoms with Crippen molar-refractivity contribution >= 4 is 11.8 Å². The number of hydrogen-bond donors (Lipinski definition) is 2. The second-order valence-electron chi connectivity index (χ2n) is 10.6. The molecule has 2 aromatic carbocycles. The third-order valence-corrected chi connectivity index (χ3v) is 7.05. The first-order valence-corrected chi connectivity index (χ1v) is 13.4. The van der Waals surface area contributed by atoms with E-state index in [1.54, 1.807) is 13.2 Å². The van der Waals surface area contributed by atoms with Crippen LogP contribution in [0.4, 0.5) is 10.5 Å². The van der Waals surface area contributed by atoms with Crippen molar-refractivity contribution < 1.29 is 28.8 Å². The molecule has 2 aromatic rings. The molecule has 210 valence electrons. The zero-order valence-electron chi connectivity index (χ0n) is 23.2. The zero-order chi connectivity index (χ0) is 27.1. The van der Waals surface area contributed by atoms with Crippen LogP contribution < -0.4 is 10.1 Å². The maximum absolute atomic E-state index is 13.0. The summed E-state index contributed by atoms with van der Waals surface area (Å²) in [5, 5.41) is 14.4. The second-order valence-corrected chi connectivity index (χ2v) is 10.6. The van der Waals surface area contributed by atoms with E-state index < -0.39 is 18.2 Å². The van der Waals surface area contributed by atoms with Gasteiger partial charge in [-0.15, -0.1) is 0 Å². The van der Waals surface area contributed by atoms with Crippen molar-refractivity contribution in [3.8, 4) is 5.75 Å². The van der Waals surface area contributed by atoms with Gasteiger partial charge in [-0.05, 0) is 36.0 Å². The smallest absolute Gasteiger partial charge is 0.407 e. The molecule has 3 N–H and O–H groups in total. The molecule has 0 saturated carbocycles. The molecule has 10 heteroatoms. The van der Waals surface area contributed by atoms with Gasteiger partial charge in [-0.2, -0.15) is 0 Å². The Balaban J connectivity index is 0.00000420. The Morgan fingerprint density at radius 2 is 1.92 bits per heavy atom. The van der Waals surface area contributed by atoms with E-state index >= 15 is 0 Å². The Morgan fingerprint density at radius 3 is 2.64 bits per heavy atom. The number of benzene rings is 2. The number of aliphatic hydroxyl groups is 1. The molecule has 2 aliphatic heterocycles. The van der Waals surface area contributed by atoms with Gasteiger partial charge in [0.25, 0.3) is 0 Å². The number of nitrogens with one attached hydrogen (secondary N) is 2. The number of methoxy groups -OCH3 is 1. The summed E-state index contributed by atoms with van der Waals surface area (Å²) in [6, 6.07) is 14.7. The van der Waals surface area contributed by atoms with E-state index in [4.69, 9.17) is 24.7 Å². The molecule has 4 rings (SSSR count). The van der Waals surface area contributed by atoms with Crippen LogP contribution >= 0.6 is 0 Å². The molecule has 2 heterocycles. The molecule has 2 fully saturated rings. The van der Waals surface area contributed by atoms with Crippen molar-refractivity contribution in [1.29, 1.82) is 0 Å². The van der Waals surface area contributed by atoms with E-state index in [0.29, 0.717) is 50.1 Å². The Bertz CT molecular complexity index is 1040. The number of nitrogens with zero attached hydrogens (tertiary/aromatic N) is 1. The normalized spacial score (nSPS) is 21.7. The summed E-state index contributed by atoms with van der Waals surface area (Å²) in [6.07, 6.45) is -0.798. The van der Waals surface area contributed by atoms with Crippen molar-refractivity contribution in [2.75, 3.05) is 33.4 Å². The molecule has 0 bridgehead atoms. The fourth-order valence-electron chi connectivity index (χ4n) is 5.23.